The van der Waals surface area contributed by atoms with Crippen molar-refractivity contribution >= 4 is 65.4 Å². The van der Waals surface area contributed by atoms with Gasteiger partial charge in [-0.2, -0.15) is 10.5 Å². The van der Waals surface area contributed by atoms with Gasteiger partial charge in [-0.05, 0) is 29.7 Å². The Morgan fingerprint density at radius 1 is 0.500 bits per heavy atom. The molecule has 0 atom stereocenters. The summed E-state index contributed by atoms with van der Waals surface area (Å²) in [6.45, 7) is 0. The molecule has 4 heteroatoms. The molecule has 0 aliphatic rings. The molecule has 4 nitrogen and oxygen atoms in total. The van der Waals surface area contributed by atoms with E-state index in [-0.39, 0.29) is 0 Å². The molecule has 0 spiro atoms. The van der Waals surface area contributed by atoms with E-state index in [1.54, 1.807) is 0 Å². The van der Waals surface area contributed by atoms with Crippen LogP contribution in [-0.4, -0.2) is 8.80 Å². The van der Waals surface area contributed by atoms with Crippen molar-refractivity contribution in [2.75, 3.05) is 0 Å². The first-order chi connectivity index (χ1) is 16.8. The third kappa shape index (κ3) is 1.85. The topological polar surface area (TPSA) is 56.4 Å². The molecule has 0 aliphatic carbocycles. The lowest BCUT2D eigenvalue weighted by Gasteiger charge is -2.05. The van der Waals surface area contributed by atoms with Crippen LogP contribution in [0.3, 0.4) is 0 Å². The summed E-state index contributed by atoms with van der Waals surface area (Å²) < 4.78 is 4.57. The highest BCUT2D eigenvalue weighted by atomic mass is 15.0. The van der Waals surface area contributed by atoms with Crippen LogP contribution in [-0.2, 0) is 0 Å². The number of nitriles is 2. The molecular weight excluding hydrogens is 416 g/mol. The van der Waals surface area contributed by atoms with Gasteiger partial charge in [0.15, 0.2) is 0 Å². The Hall–Kier alpha value is -5.06. The molecule has 154 valence electrons. The highest BCUT2D eigenvalue weighted by molar-refractivity contribution is 6.29. The average molecular weight is 430 g/mol. The fraction of sp³-hybridized carbons (Fsp3) is 0. The first-order valence-electron chi connectivity index (χ1n) is 11.2. The molecule has 3 aromatic heterocycles. The van der Waals surface area contributed by atoms with Gasteiger partial charge in [-0.3, -0.25) is 0 Å². The quantitative estimate of drug-likeness (QED) is 0.257. The number of hydrogen-bond donors (Lipinski definition) is 0. The molecule has 0 fully saturated rings. The van der Waals surface area contributed by atoms with Crippen LogP contribution in [0.25, 0.3) is 65.4 Å². The van der Waals surface area contributed by atoms with E-state index >= 15 is 0 Å². The van der Waals surface area contributed by atoms with Crippen molar-refractivity contribution in [2.24, 2.45) is 0 Å². The van der Waals surface area contributed by atoms with Gasteiger partial charge in [0.2, 0.25) is 0 Å². The molecule has 0 saturated heterocycles. The van der Waals surface area contributed by atoms with Gasteiger partial charge in [0.1, 0.15) is 12.1 Å². The van der Waals surface area contributed by atoms with Crippen molar-refractivity contribution < 1.29 is 0 Å². The molecule has 0 radical (unpaired) electrons. The molecule has 0 N–H and O–H groups in total. The average Bonchev–Trinajstić information content (AvgIpc) is 3.36. The summed E-state index contributed by atoms with van der Waals surface area (Å²) in [6, 6.07) is 33.9. The van der Waals surface area contributed by atoms with E-state index in [4.69, 9.17) is 0 Å². The Morgan fingerprint density at radius 2 is 0.971 bits per heavy atom. The Balaban J connectivity index is 1.91. The summed E-state index contributed by atoms with van der Waals surface area (Å²) >= 11 is 0. The van der Waals surface area contributed by atoms with Crippen molar-refractivity contribution in [3.05, 3.63) is 96.1 Å². The van der Waals surface area contributed by atoms with E-state index in [1.807, 2.05) is 12.1 Å². The summed E-state index contributed by atoms with van der Waals surface area (Å²) in [5.74, 6) is 0. The largest absolute Gasteiger partial charge is 0.306 e. The van der Waals surface area contributed by atoms with Crippen molar-refractivity contribution in [2.45, 2.75) is 0 Å². The van der Waals surface area contributed by atoms with Crippen LogP contribution >= 0.6 is 0 Å². The number of aromatic nitrogens is 2. The zero-order valence-corrected chi connectivity index (χ0v) is 17.9. The Kier molecular flexibility index (Phi) is 3.00. The summed E-state index contributed by atoms with van der Waals surface area (Å²) in [5, 5.41) is 26.8. The van der Waals surface area contributed by atoms with Gasteiger partial charge >= 0.3 is 0 Å². The summed E-state index contributed by atoms with van der Waals surface area (Å²) in [4.78, 5) is 0. The lowest BCUT2D eigenvalue weighted by Crippen LogP contribution is -1.93. The van der Waals surface area contributed by atoms with Crippen LogP contribution in [0.2, 0.25) is 0 Å². The number of para-hydroxylation sites is 2. The zero-order chi connectivity index (χ0) is 22.6. The van der Waals surface area contributed by atoms with Gasteiger partial charge in [0.05, 0.1) is 44.2 Å². The van der Waals surface area contributed by atoms with E-state index in [0.717, 1.165) is 33.1 Å². The van der Waals surface area contributed by atoms with E-state index in [1.165, 1.54) is 32.3 Å². The van der Waals surface area contributed by atoms with Crippen LogP contribution < -0.4 is 0 Å². The second kappa shape index (κ2) is 5.84. The van der Waals surface area contributed by atoms with Gasteiger partial charge in [-0.15, -0.1) is 0 Å². The van der Waals surface area contributed by atoms with Crippen molar-refractivity contribution in [3.8, 4) is 12.1 Å². The van der Waals surface area contributed by atoms with Gasteiger partial charge in [-0.1, -0.05) is 60.7 Å². The third-order valence-corrected chi connectivity index (χ3v) is 7.29. The molecule has 0 unspecified atom stereocenters. The lowest BCUT2D eigenvalue weighted by atomic mass is 10.0. The minimum atomic E-state index is 0.387. The predicted molar refractivity (Wildman–Crippen MR) is 136 cm³/mol. The monoisotopic (exact) mass is 430 g/mol. The highest BCUT2D eigenvalue weighted by Gasteiger charge is 2.22. The summed E-state index contributed by atoms with van der Waals surface area (Å²) in [7, 11) is 0. The summed E-state index contributed by atoms with van der Waals surface area (Å²) in [6.07, 6.45) is 0. The number of hydrogen-bond acceptors (Lipinski definition) is 2. The molecule has 8 aromatic rings. The fourth-order valence-electron chi connectivity index (χ4n) is 5.93. The molecular formula is C30H14N4. The molecule has 0 saturated carbocycles. The lowest BCUT2D eigenvalue weighted by molar-refractivity contribution is 1.30. The van der Waals surface area contributed by atoms with E-state index in [9.17, 15) is 10.5 Å². The van der Waals surface area contributed by atoms with Gasteiger partial charge < -0.3 is 8.80 Å². The predicted octanol–water partition coefficient (Wildman–Crippen LogP) is 7.14. The molecule has 0 aliphatic heterocycles. The van der Waals surface area contributed by atoms with Crippen LogP contribution in [0.15, 0.2) is 84.9 Å². The second-order valence-corrected chi connectivity index (χ2v) is 8.84. The number of benzene rings is 5. The Morgan fingerprint density at radius 3 is 1.44 bits per heavy atom. The Bertz CT molecular complexity index is 2090. The second-order valence-electron chi connectivity index (χ2n) is 8.84. The van der Waals surface area contributed by atoms with Gasteiger partial charge in [-0.25, -0.2) is 0 Å². The minimum Gasteiger partial charge on any atom is -0.306 e. The molecule has 5 aromatic carbocycles. The number of nitrogens with zero attached hydrogens (tertiary/aromatic N) is 4. The molecule has 0 bridgehead atoms. The molecule has 3 heterocycles. The maximum Gasteiger partial charge on any atom is 0.101 e. The molecule has 8 rings (SSSR count). The maximum absolute atomic E-state index is 9.87. The van der Waals surface area contributed by atoms with Crippen molar-refractivity contribution in [1.29, 1.82) is 10.5 Å². The van der Waals surface area contributed by atoms with Crippen LogP contribution in [0.1, 0.15) is 11.1 Å². The number of fused-ring (bicyclic) bond motifs is 9. The maximum atomic E-state index is 9.87. The van der Waals surface area contributed by atoms with E-state index in [0.29, 0.717) is 11.1 Å². The van der Waals surface area contributed by atoms with E-state index in [2.05, 4.69) is 93.7 Å². The third-order valence-electron chi connectivity index (χ3n) is 7.29. The number of rotatable bonds is 0. The molecule has 34 heavy (non-hydrogen) atoms. The van der Waals surface area contributed by atoms with Crippen LogP contribution in [0, 0.1) is 22.7 Å². The van der Waals surface area contributed by atoms with Crippen molar-refractivity contribution in [1.82, 2.24) is 8.80 Å². The molecule has 0 amide bonds. The fourth-order valence-corrected chi connectivity index (χ4v) is 5.93. The summed E-state index contributed by atoms with van der Waals surface area (Å²) in [5.41, 5.74) is 7.05. The smallest absolute Gasteiger partial charge is 0.101 e. The zero-order valence-electron chi connectivity index (χ0n) is 17.9. The first kappa shape index (κ1) is 17.5. The first-order valence-corrected chi connectivity index (χ1v) is 11.2. The normalized spacial score (nSPS) is 12.1. The Labute approximate surface area is 193 Å². The van der Waals surface area contributed by atoms with Crippen LogP contribution in [0.5, 0.6) is 0 Å². The standard InChI is InChI=1S/C30H14N4/c31-15-18-13-26-27(14-19(18)16-32)34-25-8-4-2-6-21(25)23-12-10-17-9-11-22-20-5-1-3-7-24(20)33(26)29(22)28(17)30(23)34/h1-14H. The SMILES string of the molecule is N#Cc1cc2c(cc1C#N)n1c3ccccc3c3ccc4ccc5c6ccccc6n2c5c4c31. The van der Waals surface area contributed by atoms with Gasteiger partial charge in [0, 0.05) is 26.9 Å². The van der Waals surface area contributed by atoms with E-state index < -0.39 is 0 Å². The minimum absolute atomic E-state index is 0.387. The van der Waals surface area contributed by atoms with Crippen LogP contribution in [0.4, 0.5) is 0 Å². The van der Waals surface area contributed by atoms with Crippen molar-refractivity contribution in [3.63, 3.8) is 0 Å². The highest BCUT2D eigenvalue weighted by Crippen LogP contribution is 2.43. The van der Waals surface area contributed by atoms with Gasteiger partial charge in [0.25, 0.3) is 0 Å².